The summed E-state index contributed by atoms with van der Waals surface area (Å²) in [5.74, 6) is 0.673. The molecule has 0 saturated carbocycles. The topological polar surface area (TPSA) is 77.3 Å². The first-order valence-electron chi connectivity index (χ1n) is 5.71. The third-order valence-electron chi connectivity index (χ3n) is 2.13. The van der Waals surface area contributed by atoms with E-state index in [0.29, 0.717) is 19.0 Å². The van der Waals surface area contributed by atoms with E-state index in [1.807, 2.05) is 13.8 Å². The summed E-state index contributed by atoms with van der Waals surface area (Å²) in [6.07, 6.45) is 1.82. The maximum absolute atomic E-state index is 10.8. The number of pyridine rings is 1. The molecule has 6 heteroatoms. The van der Waals surface area contributed by atoms with Crippen LogP contribution in [0.15, 0.2) is 12.1 Å². The minimum atomic E-state index is -0.482. The summed E-state index contributed by atoms with van der Waals surface area (Å²) in [4.78, 5) is 14.4. The molecule has 94 valence electrons. The van der Waals surface area contributed by atoms with Crippen molar-refractivity contribution in [2.24, 2.45) is 0 Å². The van der Waals surface area contributed by atoms with Crippen molar-refractivity contribution in [2.75, 3.05) is 18.5 Å². The lowest BCUT2D eigenvalue weighted by Crippen LogP contribution is -2.05. The zero-order chi connectivity index (χ0) is 12.7. The van der Waals surface area contributed by atoms with Crippen LogP contribution in [-0.4, -0.2) is 23.1 Å². The van der Waals surface area contributed by atoms with Crippen molar-refractivity contribution in [3.8, 4) is 5.88 Å². The van der Waals surface area contributed by atoms with Crippen LogP contribution in [0.2, 0.25) is 0 Å². The van der Waals surface area contributed by atoms with Gasteiger partial charge in [0.25, 0.3) is 5.88 Å². The number of nitrogens with one attached hydrogen (secondary N) is 1. The van der Waals surface area contributed by atoms with Gasteiger partial charge in [0.2, 0.25) is 0 Å². The van der Waals surface area contributed by atoms with Gasteiger partial charge >= 0.3 is 5.69 Å². The van der Waals surface area contributed by atoms with Gasteiger partial charge in [-0.2, -0.15) is 4.98 Å². The van der Waals surface area contributed by atoms with Crippen molar-refractivity contribution < 1.29 is 9.66 Å². The summed E-state index contributed by atoms with van der Waals surface area (Å²) in [5.41, 5.74) is -0.0947. The van der Waals surface area contributed by atoms with Gasteiger partial charge < -0.3 is 10.1 Å². The van der Waals surface area contributed by atoms with E-state index in [9.17, 15) is 10.1 Å². The maximum atomic E-state index is 10.8. The molecule has 0 atom stereocenters. The van der Waals surface area contributed by atoms with Gasteiger partial charge in [-0.3, -0.25) is 10.1 Å². The van der Waals surface area contributed by atoms with Gasteiger partial charge in [-0.05, 0) is 19.4 Å². The predicted molar refractivity (Wildman–Crippen MR) is 65.5 cm³/mol. The third kappa shape index (κ3) is 3.90. The Bertz CT molecular complexity index is 382. The van der Waals surface area contributed by atoms with E-state index in [1.165, 1.54) is 6.07 Å². The van der Waals surface area contributed by atoms with Gasteiger partial charge in [-0.1, -0.05) is 13.3 Å². The summed E-state index contributed by atoms with van der Waals surface area (Å²) in [6, 6.07) is 2.99. The van der Waals surface area contributed by atoms with Crippen molar-refractivity contribution in [2.45, 2.75) is 26.7 Å². The predicted octanol–water partition coefficient (Wildman–Crippen LogP) is 2.60. The molecule has 0 aliphatic heterocycles. The molecular weight excluding hydrogens is 222 g/mol. The van der Waals surface area contributed by atoms with Crippen molar-refractivity contribution in [3.63, 3.8) is 0 Å². The highest BCUT2D eigenvalue weighted by molar-refractivity contribution is 5.48. The number of unbranched alkanes of at least 4 members (excludes halogenated alkanes) is 1. The van der Waals surface area contributed by atoms with Crippen LogP contribution >= 0.6 is 0 Å². The highest BCUT2D eigenvalue weighted by Crippen LogP contribution is 2.26. The fourth-order valence-electron chi connectivity index (χ4n) is 1.27. The molecule has 0 aliphatic carbocycles. The van der Waals surface area contributed by atoms with E-state index in [4.69, 9.17) is 4.74 Å². The average Bonchev–Trinajstić information content (AvgIpc) is 2.30. The lowest BCUT2D eigenvalue weighted by atomic mass is 10.3. The monoisotopic (exact) mass is 239 g/mol. The van der Waals surface area contributed by atoms with Gasteiger partial charge in [-0.15, -0.1) is 0 Å². The second-order valence-electron chi connectivity index (χ2n) is 3.51. The second kappa shape index (κ2) is 6.67. The number of hydrogen-bond donors (Lipinski definition) is 1. The van der Waals surface area contributed by atoms with Crippen molar-refractivity contribution in [1.29, 1.82) is 0 Å². The molecule has 1 rings (SSSR count). The Morgan fingerprint density at radius 3 is 2.82 bits per heavy atom. The van der Waals surface area contributed by atoms with Gasteiger partial charge in [0.05, 0.1) is 11.5 Å². The maximum Gasteiger partial charge on any atom is 0.331 e. The lowest BCUT2D eigenvalue weighted by Gasteiger charge is -2.07. The van der Waals surface area contributed by atoms with Crippen LogP contribution in [0.25, 0.3) is 0 Å². The van der Waals surface area contributed by atoms with Crippen molar-refractivity contribution in [1.82, 2.24) is 4.98 Å². The van der Waals surface area contributed by atoms with Crippen LogP contribution in [-0.2, 0) is 0 Å². The molecule has 0 fully saturated rings. The zero-order valence-electron chi connectivity index (χ0n) is 10.1. The van der Waals surface area contributed by atoms with Gasteiger partial charge in [0, 0.05) is 12.6 Å². The smallest absolute Gasteiger partial charge is 0.331 e. The van der Waals surface area contributed by atoms with Crippen LogP contribution in [0, 0.1) is 10.1 Å². The first kappa shape index (κ1) is 13.2. The minimum absolute atomic E-state index is 0.0851. The molecule has 17 heavy (non-hydrogen) atoms. The van der Waals surface area contributed by atoms with Crippen molar-refractivity contribution in [3.05, 3.63) is 22.2 Å². The Morgan fingerprint density at radius 2 is 2.24 bits per heavy atom. The molecule has 1 aromatic rings. The number of ether oxygens (including phenoxy) is 1. The summed E-state index contributed by atoms with van der Waals surface area (Å²) in [7, 11) is 0. The van der Waals surface area contributed by atoms with E-state index in [1.54, 1.807) is 6.07 Å². The van der Waals surface area contributed by atoms with E-state index < -0.39 is 4.92 Å². The first-order valence-corrected chi connectivity index (χ1v) is 5.71. The number of rotatable bonds is 7. The minimum Gasteiger partial charge on any atom is -0.473 e. The molecule has 0 spiro atoms. The molecular formula is C11H17N3O3. The molecule has 0 unspecified atom stereocenters. The van der Waals surface area contributed by atoms with E-state index in [0.717, 1.165) is 12.8 Å². The molecule has 0 radical (unpaired) electrons. The molecule has 6 nitrogen and oxygen atoms in total. The largest absolute Gasteiger partial charge is 0.473 e. The van der Waals surface area contributed by atoms with Gasteiger partial charge in [-0.25, -0.2) is 0 Å². The van der Waals surface area contributed by atoms with Crippen LogP contribution in [0.4, 0.5) is 11.5 Å². The molecule has 0 aliphatic rings. The van der Waals surface area contributed by atoms with E-state index in [-0.39, 0.29) is 11.6 Å². The number of aromatic nitrogens is 1. The van der Waals surface area contributed by atoms with Gasteiger partial charge in [0.1, 0.15) is 5.82 Å². The van der Waals surface area contributed by atoms with Gasteiger partial charge in [0.15, 0.2) is 0 Å². The summed E-state index contributed by atoms with van der Waals surface area (Å²) < 4.78 is 5.33. The fraction of sp³-hybridized carbons (Fsp3) is 0.545. The first-order chi connectivity index (χ1) is 8.19. The molecule has 1 heterocycles. The second-order valence-corrected chi connectivity index (χ2v) is 3.51. The Balaban J connectivity index is 2.86. The molecule has 0 saturated heterocycles. The molecule has 0 aromatic carbocycles. The standard InChI is InChI=1S/C11H17N3O3/c1-3-5-8-17-11-9(14(15)16)6-7-10(13-11)12-4-2/h6-7H,3-5,8H2,1-2H3,(H,12,13). The highest BCUT2D eigenvalue weighted by atomic mass is 16.6. The molecule has 1 N–H and O–H groups in total. The summed E-state index contributed by atoms with van der Waals surface area (Å²) in [6.45, 7) is 5.11. The quantitative estimate of drug-likeness (QED) is 0.449. The Kier molecular flexibility index (Phi) is 5.19. The Hall–Kier alpha value is -1.85. The third-order valence-corrected chi connectivity index (χ3v) is 2.13. The summed E-state index contributed by atoms with van der Waals surface area (Å²) in [5, 5.41) is 13.8. The fourth-order valence-corrected chi connectivity index (χ4v) is 1.27. The molecule has 0 bridgehead atoms. The molecule has 1 aromatic heterocycles. The molecule has 0 amide bonds. The summed E-state index contributed by atoms with van der Waals surface area (Å²) >= 11 is 0. The number of nitrogens with zero attached hydrogens (tertiary/aromatic N) is 2. The Morgan fingerprint density at radius 1 is 1.47 bits per heavy atom. The Labute approximate surface area is 100 Å². The SMILES string of the molecule is CCCCOc1nc(NCC)ccc1[N+](=O)[O-]. The number of anilines is 1. The van der Waals surface area contributed by atoms with Crippen LogP contribution < -0.4 is 10.1 Å². The van der Waals surface area contributed by atoms with E-state index in [2.05, 4.69) is 10.3 Å². The number of nitro groups is 1. The number of hydrogen-bond acceptors (Lipinski definition) is 5. The van der Waals surface area contributed by atoms with Crippen molar-refractivity contribution >= 4 is 11.5 Å². The normalized spacial score (nSPS) is 10.0. The van der Waals surface area contributed by atoms with Crippen LogP contribution in [0.1, 0.15) is 26.7 Å². The van der Waals surface area contributed by atoms with Crippen LogP contribution in [0.5, 0.6) is 5.88 Å². The average molecular weight is 239 g/mol. The lowest BCUT2D eigenvalue weighted by molar-refractivity contribution is -0.386. The zero-order valence-corrected chi connectivity index (χ0v) is 10.1. The highest BCUT2D eigenvalue weighted by Gasteiger charge is 2.17. The van der Waals surface area contributed by atoms with Crippen LogP contribution in [0.3, 0.4) is 0 Å². The van der Waals surface area contributed by atoms with E-state index >= 15 is 0 Å².